The third-order valence-corrected chi connectivity index (χ3v) is 4.71. The molecule has 0 radical (unpaired) electrons. The van der Waals surface area contributed by atoms with Gasteiger partial charge in [-0.2, -0.15) is 0 Å². The molecular formula is C21H18Cl2N2O3. The van der Waals surface area contributed by atoms with Gasteiger partial charge in [0.2, 0.25) is 0 Å². The number of carbonyl (C=O) groups is 1. The van der Waals surface area contributed by atoms with Gasteiger partial charge in [0, 0.05) is 22.8 Å². The Balaban J connectivity index is 2.22. The number of nitrogens with two attached hydrogens (primary N) is 1. The van der Waals surface area contributed by atoms with E-state index in [9.17, 15) is 4.79 Å². The molecule has 144 valence electrons. The summed E-state index contributed by atoms with van der Waals surface area (Å²) in [4.78, 5) is 16.4. The van der Waals surface area contributed by atoms with Gasteiger partial charge in [-0.1, -0.05) is 34.8 Å². The van der Waals surface area contributed by atoms with Crippen LogP contribution in [0.5, 0.6) is 11.5 Å². The Hall–Kier alpha value is -2.76. The van der Waals surface area contributed by atoms with Crippen LogP contribution in [0.1, 0.15) is 33.3 Å². The summed E-state index contributed by atoms with van der Waals surface area (Å²) in [5.41, 5.74) is 7.83. The maximum Gasteiger partial charge on any atom is 0.250 e. The molecule has 1 amide bonds. The van der Waals surface area contributed by atoms with Gasteiger partial charge >= 0.3 is 0 Å². The SMILES string of the molecule is COc1ccc(C)cc1C(Oc1cc(Cl)ccc1Cl)c1ncccc1C(N)=O. The predicted molar refractivity (Wildman–Crippen MR) is 109 cm³/mol. The molecule has 1 aromatic heterocycles. The predicted octanol–water partition coefficient (Wildman–Crippen LogP) is 4.97. The minimum absolute atomic E-state index is 0.245. The number of hydrogen-bond donors (Lipinski definition) is 1. The Bertz CT molecular complexity index is 1020. The Morgan fingerprint density at radius 3 is 2.61 bits per heavy atom. The molecule has 2 N–H and O–H groups in total. The first-order chi connectivity index (χ1) is 13.4. The summed E-state index contributed by atoms with van der Waals surface area (Å²) in [7, 11) is 1.56. The van der Waals surface area contributed by atoms with E-state index in [-0.39, 0.29) is 5.56 Å². The maximum absolute atomic E-state index is 12.0. The monoisotopic (exact) mass is 416 g/mol. The molecule has 0 saturated carbocycles. The first-order valence-electron chi connectivity index (χ1n) is 8.41. The summed E-state index contributed by atoms with van der Waals surface area (Å²) in [6, 6.07) is 13.8. The Morgan fingerprint density at radius 2 is 1.89 bits per heavy atom. The van der Waals surface area contributed by atoms with Crippen LogP contribution in [0.2, 0.25) is 10.0 Å². The van der Waals surface area contributed by atoms with Crippen LogP contribution in [0, 0.1) is 6.92 Å². The van der Waals surface area contributed by atoms with Gasteiger partial charge in [0.1, 0.15) is 11.5 Å². The van der Waals surface area contributed by atoms with Gasteiger partial charge in [-0.3, -0.25) is 9.78 Å². The van der Waals surface area contributed by atoms with Gasteiger partial charge in [0.15, 0.2) is 6.10 Å². The van der Waals surface area contributed by atoms with Crippen molar-refractivity contribution in [2.75, 3.05) is 7.11 Å². The number of halogens is 2. The molecule has 0 spiro atoms. The van der Waals surface area contributed by atoms with Crippen molar-refractivity contribution in [2.45, 2.75) is 13.0 Å². The third-order valence-electron chi connectivity index (χ3n) is 4.16. The summed E-state index contributed by atoms with van der Waals surface area (Å²) in [5.74, 6) is 0.319. The van der Waals surface area contributed by atoms with Crippen molar-refractivity contribution >= 4 is 29.1 Å². The maximum atomic E-state index is 12.0. The molecule has 7 heteroatoms. The molecule has 2 aromatic carbocycles. The van der Waals surface area contributed by atoms with E-state index in [1.165, 1.54) is 0 Å². The van der Waals surface area contributed by atoms with Gasteiger partial charge in [-0.25, -0.2) is 0 Å². The summed E-state index contributed by atoms with van der Waals surface area (Å²) in [5, 5.41) is 0.836. The van der Waals surface area contributed by atoms with Crippen LogP contribution in [0.15, 0.2) is 54.7 Å². The number of rotatable bonds is 6. The Labute approximate surface area is 173 Å². The van der Waals surface area contributed by atoms with E-state index in [4.69, 9.17) is 38.4 Å². The molecule has 0 bridgehead atoms. The minimum atomic E-state index is -0.797. The molecule has 0 fully saturated rings. The zero-order chi connectivity index (χ0) is 20.3. The van der Waals surface area contributed by atoms with Gasteiger partial charge < -0.3 is 15.2 Å². The van der Waals surface area contributed by atoms with Gasteiger partial charge in [0.25, 0.3) is 5.91 Å². The van der Waals surface area contributed by atoms with Crippen LogP contribution in [-0.2, 0) is 0 Å². The summed E-state index contributed by atoms with van der Waals surface area (Å²) >= 11 is 12.4. The van der Waals surface area contributed by atoms with Gasteiger partial charge in [0.05, 0.1) is 23.4 Å². The number of aryl methyl sites for hydroxylation is 1. The molecule has 3 aromatic rings. The number of methoxy groups -OCH3 is 1. The lowest BCUT2D eigenvalue weighted by atomic mass is 9.98. The molecule has 0 aliphatic rings. The van der Waals surface area contributed by atoms with Crippen molar-refractivity contribution in [3.05, 3.63) is 87.2 Å². The molecule has 28 heavy (non-hydrogen) atoms. The van der Waals surface area contributed by atoms with E-state index in [2.05, 4.69) is 4.98 Å². The highest BCUT2D eigenvalue weighted by molar-refractivity contribution is 6.34. The lowest BCUT2D eigenvalue weighted by Crippen LogP contribution is -2.20. The number of benzene rings is 2. The molecule has 1 heterocycles. The van der Waals surface area contributed by atoms with Crippen LogP contribution >= 0.6 is 23.2 Å². The van der Waals surface area contributed by atoms with Gasteiger partial charge in [-0.15, -0.1) is 0 Å². The summed E-state index contributed by atoms with van der Waals surface area (Å²) < 4.78 is 11.7. The molecule has 3 rings (SSSR count). The van der Waals surface area contributed by atoms with Crippen LogP contribution in [0.4, 0.5) is 0 Å². The molecule has 5 nitrogen and oxygen atoms in total. The average molecular weight is 417 g/mol. The number of pyridine rings is 1. The highest BCUT2D eigenvalue weighted by atomic mass is 35.5. The van der Waals surface area contributed by atoms with Crippen molar-refractivity contribution in [1.82, 2.24) is 4.98 Å². The number of carbonyl (C=O) groups excluding carboxylic acids is 1. The number of ether oxygens (including phenoxy) is 2. The highest BCUT2D eigenvalue weighted by Crippen LogP contribution is 2.38. The van der Waals surface area contributed by atoms with Gasteiger partial charge in [-0.05, 0) is 43.3 Å². The minimum Gasteiger partial charge on any atom is -0.496 e. The lowest BCUT2D eigenvalue weighted by molar-refractivity contribution is 0.0995. The lowest BCUT2D eigenvalue weighted by Gasteiger charge is -2.23. The number of primary amides is 1. The first-order valence-corrected chi connectivity index (χ1v) is 9.17. The second-order valence-corrected chi connectivity index (χ2v) is 6.96. The Kier molecular flexibility index (Phi) is 6.07. The van der Waals surface area contributed by atoms with Crippen LogP contribution in [0.3, 0.4) is 0 Å². The van der Waals surface area contributed by atoms with Crippen LogP contribution in [0.25, 0.3) is 0 Å². The third kappa shape index (κ3) is 4.21. The second-order valence-electron chi connectivity index (χ2n) is 6.12. The van der Waals surface area contributed by atoms with Crippen molar-refractivity contribution in [2.24, 2.45) is 5.73 Å². The summed E-state index contributed by atoms with van der Waals surface area (Å²) in [6.07, 6.45) is 0.773. The standard InChI is InChI=1S/C21H18Cl2N2O3/c1-12-5-8-17(27-2)15(10-12)20(19-14(21(24)26)4-3-9-25-19)28-18-11-13(22)6-7-16(18)23/h3-11,20H,1-2H3,(H2,24,26). The number of nitrogens with zero attached hydrogens (tertiary/aromatic N) is 1. The zero-order valence-electron chi connectivity index (χ0n) is 15.3. The molecule has 0 saturated heterocycles. The van der Waals surface area contributed by atoms with Crippen molar-refractivity contribution in [1.29, 1.82) is 0 Å². The summed E-state index contributed by atoms with van der Waals surface area (Å²) in [6.45, 7) is 1.94. The van der Waals surface area contributed by atoms with E-state index < -0.39 is 12.0 Å². The molecule has 1 atom stereocenters. The largest absolute Gasteiger partial charge is 0.496 e. The molecular weight excluding hydrogens is 399 g/mol. The smallest absolute Gasteiger partial charge is 0.250 e. The average Bonchev–Trinajstić information content (AvgIpc) is 2.68. The van der Waals surface area contributed by atoms with Crippen LogP contribution in [-0.4, -0.2) is 18.0 Å². The van der Waals surface area contributed by atoms with E-state index in [1.54, 1.807) is 43.6 Å². The molecule has 0 aliphatic carbocycles. The fourth-order valence-electron chi connectivity index (χ4n) is 2.85. The number of aromatic nitrogens is 1. The normalized spacial score (nSPS) is 11.7. The van der Waals surface area contributed by atoms with Crippen LogP contribution < -0.4 is 15.2 Å². The van der Waals surface area contributed by atoms with E-state index in [1.807, 2.05) is 25.1 Å². The van der Waals surface area contributed by atoms with E-state index in [0.29, 0.717) is 32.8 Å². The van der Waals surface area contributed by atoms with E-state index >= 15 is 0 Å². The highest BCUT2D eigenvalue weighted by Gasteiger charge is 2.27. The molecule has 1 unspecified atom stereocenters. The van der Waals surface area contributed by atoms with E-state index in [0.717, 1.165) is 5.56 Å². The van der Waals surface area contributed by atoms with Crippen molar-refractivity contribution in [3.8, 4) is 11.5 Å². The fourth-order valence-corrected chi connectivity index (χ4v) is 3.18. The number of amides is 1. The second kappa shape index (κ2) is 8.50. The Morgan fingerprint density at radius 1 is 1.11 bits per heavy atom. The number of hydrogen-bond acceptors (Lipinski definition) is 4. The van der Waals surface area contributed by atoms with Crippen molar-refractivity contribution < 1.29 is 14.3 Å². The quantitative estimate of drug-likeness (QED) is 0.615. The topological polar surface area (TPSA) is 74.4 Å². The van der Waals surface area contributed by atoms with Crippen molar-refractivity contribution in [3.63, 3.8) is 0 Å². The molecule has 0 aliphatic heterocycles. The fraction of sp³-hybridized carbons (Fsp3) is 0.143. The first kappa shape index (κ1) is 20.0. The zero-order valence-corrected chi connectivity index (χ0v) is 16.8.